The van der Waals surface area contributed by atoms with Gasteiger partial charge in [0.1, 0.15) is 0 Å². The molecule has 4 nitrogen and oxygen atoms in total. The second kappa shape index (κ2) is 6.01. The average Bonchev–Trinajstić information content (AvgIpc) is 2.71. The first-order valence-electron chi connectivity index (χ1n) is 7.19. The third-order valence-corrected chi connectivity index (χ3v) is 3.83. The van der Waals surface area contributed by atoms with Crippen molar-refractivity contribution in [3.05, 3.63) is 53.3 Å². The van der Waals surface area contributed by atoms with Gasteiger partial charge in [-0.1, -0.05) is 24.3 Å². The zero-order valence-electron chi connectivity index (χ0n) is 11.6. The molecule has 20 heavy (non-hydrogen) atoms. The van der Waals surface area contributed by atoms with E-state index >= 15 is 0 Å². The minimum Gasteiger partial charge on any atom is -0.340 e. The monoisotopic (exact) mass is 268 g/mol. The van der Waals surface area contributed by atoms with E-state index in [0.29, 0.717) is 6.54 Å². The Morgan fingerprint density at radius 1 is 1.00 bits per heavy atom. The normalized spacial score (nSPS) is 14.8. The molecule has 0 atom stereocenters. The maximum absolute atomic E-state index is 5.54. The Morgan fingerprint density at radius 3 is 2.15 bits per heavy atom. The minimum atomic E-state index is 0.641. The van der Waals surface area contributed by atoms with Crippen molar-refractivity contribution in [1.29, 1.82) is 0 Å². The lowest BCUT2D eigenvalue weighted by molar-refractivity contribution is 0.768. The Hall–Kier alpha value is -1.94. The third kappa shape index (κ3) is 2.80. The lowest BCUT2D eigenvalue weighted by atomic mass is 10.0. The number of hydrogen-bond acceptors (Lipinski definition) is 4. The van der Waals surface area contributed by atoms with Crippen LogP contribution in [0.3, 0.4) is 0 Å². The average molecular weight is 268 g/mol. The highest BCUT2D eigenvalue weighted by Crippen LogP contribution is 2.18. The van der Waals surface area contributed by atoms with Gasteiger partial charge in [0.15, 0.2) is 0 Å². The summed E-state index contributed by atoms with van der Waals surface area (Å²) in [5.41, 5.74) is 9.56. The van der Waals surface area contributed by atoms with Gasteiger partial charge in [0.2, 0.25) is 5.95 Å². The van der Waals surface area contributed by atoms with Crippen LogP contribution in [0.5, 0.6) is 0 Å². The van der Waals surface area contributed by atoms with Gasteiger partial charge in [-0.3, -0.25) is 0 Å². The second-order valence-electron chi connectivity index (χ2n) is 5.19. The fraction of sp³-hybridized carbons (Fsp3) is 0.375. The Balaban J connectivity index is 1.73. The van der Waals surface area contributed by atoms with Crippen LogP contribution < -0.4 is 10.6 Å². The molecule has 1 aliphatic rings. The SMILES string of the molecule is NCCc1cnc(N2CCc3ccccc3CC2)nc1. The van der Waals surface area contributed by atoms with Gasteiger partial charge in [-0.05, 0) is 42.5 Å². The van der Waals surface area contributed by atoms with Crippen molar-refractivity contribution in [1.82, 2.24) is 9.97 Å². The van der Waals surface area contributed by atoms with E-state index in [-0.39, 0.29) is 0 Å². The molecule has 0 fully saturated rings. The van der Waals surface area contributed by atoms with Gasteiger partial charge >= 0.3 is 0 Å². The number of nitrogens with zero attached hydrogens (tertiary/aromatic N) is 3. The van der Waals surface area contributed by atoms with Crippen LogP contribution in [0, 0.1) is 0 Å². The van der Waals surface area contributed by atoms with E-state index in [4.69, 9.17) is 5.73 Å². The van der Waals surface area contributed by atoms with Gasteiger partial charge in [-0.25, -0.2) is 9.97 Å². The van der Waals surface area contributed by atoms with E-state index in [1.165, 1.54) is 11.1 Å². The number of anilines is 1. The first-order chi connectivity index (χ1) is 9.86. The molecule has 2 heterocycles. The molecule has 0 amide bonds. The molecule has 2 aromatic rings. The van der Waals surface area contributed by atoms with Crippen molar-refractivity contribution in [3.8, 4) is 0 Å². The van der Waals surface area contributed by atoms with E-state index in [1.54, 1.807) is 0 Å². The smallest absolute Gasteiger partial charge is 0.225 e. The van der Waals surface area contributed by atoms with Gasteiger partial charge in [0.05, 0.1) is 0 Å². The Morgan fingerprint density at radius 2 is 1.60 bits per heavy atom. The van der Waals surface area contributed by atoms with Gasteiger partial charge < -0.3 is 10.6 Å². The van der Waals surface area contributed by atoms with Gasteiger partial charge in [0.25, 0.3) is 0 Å². The molecule has 4 heteroatoms. The fourth-order valence-electron chi connectivity index (χ4n) is 2.67. The summed E-state index contributed by atoms with van der Waals surface area (Å²) in [5.74, 6) is 0.832. The van der Waals surface area contributed by atoms with Crippen molar-refractivity contribution >= 4 is 5.95 Å². The molecule has 1 aromatic carbocycles. The summed E-state index contributed by atoms with van der Waals surface area (Å²) >= 11 is 0. The van der Waals surface area contributed by atoms with Crippen molar-refractivity contribution in [2.75, 3.05) is 24.5 Å². The highest BCUT2D eigenvalue weighted by atomic mass is 15.2. The molecule has 3 rings (SSSR count). The largest absolute Gasteiger partial charge is 0.340 e. The van der Waals surface area contributed by atoms with Crippen LogP contribution >= 0.6 is 0 Å². The van der Waals surface area contributed by atoms with Crippen molar-refractivity contribution in [2.45, 2.75) is 19.3 Å². The van der Waals surface area contributed by atoms with Gasteiger partial charge in [0, 0.05) is 25.5 Å². The summed E-state index contributed by atoms with van der Waals surface area (Å²) < 4.78 is 0. The summed E-state index contributed by atoms with van der Waals surface area (Å²) in [6.45, 7) is 2.60. The van der Waals surface area contributed by atoms with Crippen LogP contribution in [-0.4, -0.2) is 29.6 Å². The van der Waals surface area contributed by atoms with Gasteiger partial charge in [-0.15, -0.1) is 0 Å². The minimum absolute atomic E-state index is 0.641. The van der Waals surface area contributed by atoms with E-state index in [9.17, 15) is 0 Å². The molecule has 1 aliphatic heterocycles. The predicted molar refractivity (Wildman–Crippen MR) is 80.9 cm³/mol. The fourth-order valence-corrected chi connectivity index (χ4v) is 2.67. The molecule has 0 radical (unpaired) electrons. The summed E-state index contributed by atoms with van der Waals surface area (Å²) in [4.78, 5) is 11.2. The molecule has 0 saturated carbocycles. The first-order valence-corrected chi connectivity index (χ1v) is 7.19. The van der Waals surface area contributed by atoms with Crippen LogP contribution in [0.4, 0.5) is 5.95 Å². The number of nitrogens with two attached hydrogens (primary N) is 1. The molecule has 0 aliphatic carbocycles. The molecule has 0 bridgehead atoms. The van der Waals surface area contributed by atoms with Crippen LogP contribution in [0.15, 0.2) is 36.7 Å². The van der Waals surface area contributed by atoms with Gasteiger partial charge in [-0.2, -0.15) is 0 Å². The molecular weight excluding hydrogens is 248 g/mol. The lowest BCUT2D eigenvalue weighted by Crippen LogP contribution is -2.27. The molecule has 104 valence electrons. The van der Waals surface area contributed by atoms with Crippen LogP contribution in [-0.2, 0) is 19.3 Å². The van der Waals surface area contributed by atoms with E-state index < -0.39 is 0 Å². The first kappa shape index (κ1) is 13.1. The van der Waals surface area contributed by atoms with Crippen LogP contribution in [0.1, 0.15) is 16.7 Å². The lowest BCUT2D eigenvalue weighted by Gasteiger charge is -2.19. The Bertz CT molecular complexity index is 538. The number of aromatic nitrogens is 2. The second-order valence-corrected chi connectivity index (χ2v) is 5.19. The molecule has 0 unspecified atom stereocenters. The van der Waals surface area contributed by atoms with Crippen molar-refractivity contribution in [2.24, 2.45) is 5.73 Å². The zero-order valence-corrected chi connectivity index (χ0v) is 11.6. The summed E-state index contributed by atoms with van der Waals surface area (Å²) in [6, 6.07) is 8.69. The number of benzene rings is 1. The van der Waals surface area contributed by atoms with Crippen LogP contribution in [0.25, 0.3) is 0 Å². The highest BCUT2D eigenvalue weighted by Gasteiger charge is 2.15. The summed E-state index contributed by atoms with van der Waals surface area (Å²) in [7, 11) is 0. The van der Waals surface area contributed by atoms with E-state index in [0.717, 1.165) is 43.9 Å². The highest BCUT2D eigenvalue weighted by molar-refractivity contribution is 5.36. The summed E-state index contributed by atoms with van der Waals surface area (Å²) in [6.07, 6.45) is 6.75. The maximum Gasteiger partial charge on any atom is 0.225 e. The number of hydrogen-bond donors (Lipinski definition) is 1. The van der Waals surface area contributed by atoms with Crippen LogP contribution in [0.2, 0.25) is 0 Å². The number of fused-ring (bicyclic) bond motifs is 1. The predicted octanol–water partition coefficient (Wildman–Crippen LogP) is 1.58. The maximum atomic E-state index is 5.54. The molecule has 2 N–H and O–H groups in total. The molecular formula is C16H20N4. The summed E-state index contributed by atoms with van der Waals surface area (Å²) in [5, 5.41) is 0. The van der Waals surface area contributed by atoms with Crippen molar-refractivity contribution < 1.29 is 0 Å². The van der Waals surface area contributed by atoms with E-state index in [2.05, 4.69) is 39.1 Å². The van der Waals surface area contributed by atoms with Crippen molar-refractivity contribution in [3.63, 3.8) is 0 Å². The quantitative estimate of drug-likeness (QED) is 0.918. The number of rotatable bonds is 3. The molecule has 1 aromatic heterocycles. The zero-order chi connectivity index (χ0) is 13.8. The molecule has 0 spiro atoms. The van der Waals surface area contributed by atoms with E-state index in [1.807, 2.05) is 12.4 Å². The Kier molecular flexibility index (Phi) is 3.92. The Labute approximate surface area is 119 Å². The third-order valence-electron chi connectivity index (χ3n) is 3.83. The standard InChI is InChI=1S/C16H20N4/c17-8-5-13-11-18-16(19-12-13)20-9-6-14-3-1-2-4-15(14)7-10-20/h1-4,11-12H,5-10,17H2. The molecule has 0 saturated heterocycles. The topological polar surface area (TPSA) is 55.0 Å².